The van der Waals surface area contributed by atoms with Crippen LogP contribution in [-0.2, 0) is 0 Å². The molecule has 1 aliphatic rings. The van der Waals surface area contributed by atoms with Crippen LogP contribution in [0, 0.1) is 0 Å². The largest absolute Gasteiger partial charge is 0.454 e. The number of fused-ring (bicyclic) bond motifs is 2. The standard InChI is InChI=1S/C15H15N3O/c16-9-10-17-15-11-5-1-3-7-13(11)19-14-8-4-2-6-12(14)18-15/h1-8H,9-10,16H2,(H,17,18)/p+1. The number of anilines is 1. The van der Waals surface area contributed by atoms with Crippen LogP contribution in [0.15, 0.2) is 53.5 Å². The molecule has 2 aromatic rings. The second kappa shape index (κ2) is 5.12. The Hall–Kier alpha value is -2.33. The van der Waals surface area contributed by atoms with Gasteiger partial charge in [-0.3, -0.25) is 4.99 Å². The minimum absolute atomic E-state index is 0.693. The van der Waals surface area contributed by atoms with Crippen molar-refractivity contribution in [1.29, 1.82) is 0 Å². The summed E-state index contributed by atoms with van der Waals surface area (Å²) in [6, 6.07) is 15.8. The number of aliphatic imine (C=N–C) groups is 1. The van der Waals surface area contributed by atoms with Crippen molar-refractivity contribution in [1.82, 2.24) is 0 Å². The first-order chi connectivity index (χ1) is 9.38. The fraction of sp³-hybridized carbons (Fsp3) is 0.133. The van der Waals surface area contributed by atoms with Crippen molar-refractivity contribution in [3.8, 4) is 11.5 Å². The van der Waals surface area contributed by atoms with Crippen molar-refractivity contribution in [2.24, 2.45) is 4.99 Å². The maximum absolute atomic E-state index is 5.95. The number of rotatable bonds is 2. The third-order valence-electron chi connectivity index (χ3n) is 2.93. The SMILES string of the molecule is [NH3+]CCN=C1Nc2ccccc2Oc2ccccc21. The van der Waals surface area contributed by atoms with Gasteiger partial charge in [-0.15, -0.1) is 0 Å². The Morgan fingerprint density at radius 1 is 1.00 bits per heavy atom. The van der Waals surface area contributed by atoms with E-state index in [1.54, 1.807) is 0 Å². The molecule has 0 saturated carbocycles. The molecule has 4 N–H and O–H groups in total. The molecular formula is C15H16N3O+. The normalized spacial score (nSPS) is 14.9. The summed E-state index contributed by atoms with van der Waals surface area (Å²) in [5.74, 6) is 2.47. The van der Waals surface area contributed by atoms with Crippen molar-refractivity contribution in [3.63, 3.8) is 0 Å². The van der Waals surface area contributed by atoms with Crippen molar-refractivity contribution in [3.05, 3.63) is 54.1 Å². The van der Waals surface area contributed by atoms with Crippen molar-refractivity contribution in [2.45, 2.75) is 0 Å². The predicted molar refractivity (Wildman–Crippen MR) is 75.7 cm³/mol. The first-order valence-corrected chi connectivity index (χ1v) is 6.35. The fourth-order valence-corrected chi connectivity index (χ4v) is 2.04. The topological polar surface area (TPSA) is 61.3 Å². The van der Waals surface area contributed by atoms with Gasteiger partial charge in [0.15, 0.2) is 5.75 Å². The fourth-order valence-electron chi connectivity index (χ4n) is 2.04. The number of ether oxygens (including phenoxy) is 1. The van der Waals surface area contributed by atoms with E-state index in [1.165, 1.54) is 0 Å². The van der Waals surface area contributed by atoms with Gasteiger partial charge >= 0.3 is 0 Å². The highest BCUT2D eigenvalue weighted by Crippen LogP contribution is 2.35. The van der Waals surface area contributed by atoms with Gasteiger partial charge in [0.2, 0.25) is 0 Å². The maximum atomic E-state index is 5.95. The zero-order chi connectivity index (χ0) is 13.1. The van der Waals surface area contributed by atoms with Crippen LogP contribution in [0.5, 0.6) is 11.5 Å². The van der Waals surface area contributed by atoms with Gasteiger partial charge < -0.3 is 15.8 Å². The number of nitrogens with zero attached hydrogens (tertiary/aromatic N) is 1. The Labute approximate surface area is 111 Å². The van der Waals surface area contributed by atoms with Crippen LogP contribution in [0.25, 0.3) is 0 Å². The number of amidine groups is 1. The van der Waals surface area contributed by atoms with Crippen LogP contribution in [-0.4, -0.2) is 18.9 Å². The summed E-state index contributed by atoms with van der Waals surface area (Å²) in [6.07, 6.45) is 0. The number of nitrogens with one attached hydrogen (secondary N) is 1. The third-order valence-corrected chi connectivity index (χ3v) is 2.93. The summed E-state index contributed by atoms with van der Waals surface area (Å²) in [5, 5.41) is 3.35. The molecule has 4 heteroatoms. The lowest BCUT2D eigenvalue weighted by Gasteiger charge is -2.07. The summed E-state index contributed by atoms with van der Waals surface area (Å²) in [4.78, 5) is 4.56. The van der Waals surface area contributed by atoms with Gasteiger partial charge in [-0.05, 0) is 24.3 Å². The number of para-hydroxylation sites is 3. The van der Waals surface area contributed by atoms with Crippen LogP contribution >= 0.6 is 0 Å². The zero-order valence-electron chi connectivity index (χ0n) is 10.6. The highest BCUT2D eigenvalue weighted by molar-refractivity contribution is 6.11. The van der Waals surface area contributed by atoms with Gasteiger partial charge in [-0.1, -0.05) is 24.3 Å². The van der Waals surface area contributed by atoms with Crippen molar-refractivity contribution in [2.75, 3.05) is 18.4 Å². The molecule has 1 heterocycles. The zero-order valence-corrected chi connectivity index (χ0v) is 10.6. The molecule has 0 atom stereocenters. The second-order valence-electron chi connectivity index (χ2n) is 4.30. The summed E-state index contributed by atoms with van der Waals surface area (Å²) in [6.45, 7) is 1.47. The number of hydrogen-bond acceptors (Lipinski definition) is 2. The Morgan fingerprint density at radius 3 is 2.58 bits per heavy atom. The molecule has 4 nitrogen and oxygen atoms in total. The van der Waals surface area contributed by atoms with E-state index in [0.717, 1.165) is 35.1 Å². The highest BCUT2D eigenvalue weighted by atomic mass is 16.5. The first kappa shape index (κ1) is 11.7. The molecule has 0 aromatic heterocycles. The molecule has 19 heavy (non-hydrogen) atoms. The van der Waals surface area contributed by atoms with Gasteiger partial charge in [0.25, 0.3) is 0 Å². The summed E-state index contributed by atoms with van der Waals surface area (Å²) >= 11 is 0. The van der Waals surface area contributed by atoms with Crippen LogP contribution in [0.1, 0.15) is 5.56 Å². The van der Waals surface area contributed by atoms with Crippen LogP contribution < -0.4 is 15.8 Å². The van der Waals surface area contributed by atoms with E-state index in [-0.39, 0.29) is 0 Å². The molecular weight excluding hydrogens is 238 g/mol. The van der Waals surface area contributed by atoms with Gasteiger partial charge in [0, 0.05) is 0 Å². The lowest BCUT2D eigenvalue weighted by Crippen LogP contribution is -2.51. The molecule has 0 saturated heterocycles. The summed E-state index contributed by atoms with van der Waals surface area (Å²) < 4.78 is 5.95. The van der Waals surface area contributed by atoms with Gasteiger partial charge in [0.1, 0.15) is 11.6 Å². The van der Waals surface area contributed by atoms with E-state index < -0.39 is 0 Å². The molecule has 0 fully saturated rings. The minimum Gasteiger partial charge on any atom is -0.454 e. The summed E-state index contributed by atoms with van der Waals surface area (Å²) in [7, 11) is 0. The number of hydrogen-bond donors (Lipinski definition) is 2. The van der Waals surface area contributed by atoms with Crippen LogP contribution in [0.4, 0.5) is 5.69 Å². The number of benzene rings is 2. The van der Waals surface area contributed by atoms with E-state index in [9.17, 15) is 0 Å². The molecule has 96 valence electrons. The third kappa shape index (κ3) is 2.30. The lowest BCUT2D eigenvalue weighted by atomic mass is 10.2. The molecule has 1 aliphatic heterocycles. The van der Waals surface area contributed by atoms with Crippen LogP contribution in [0.2, 0.25) is 0 Å². The smallest absolute Gasteiger partial charge is 0.150 e. The molecule has 0 unspecified atom stereocenters. The average molecular weight is 254 g/mol. The molecule has 3 rings (SSSR count). The van der Waals surface area contributed by atoms with Gasteiger partial charge in [0.05, 0.1) is 24.3 Å². The Morgan fingerprint density at radius 2 is 1.74 bits per heavy atom. The van der Waals surface area contributed by atoms with Gasteiger partial charge in [-0.2, -0.15) is 0 Å². The van der Waals surface area contributed by atoms with E-state index >= 15 is 0 Å². The highest BCUT2D eigenvalue weighted by Gasteiger charge is 2.18. The maximum Gasteiger partial charge on any atom is 0.150 e. The van der Waals surface area contributed by atoms with Crippen molar-refractivity contribution < 1.29 is 10.5 Å². The van der Waals surface area contributed by atoms with E-state index in [2.05, 4.69) is 16.0 Å². The Balaban J connectivity index is 2.11. The predicted octanol–water partition coefficient (Wildman–Crippen LogP) is 1.89. The van der Waals surface area contributed by atoms with E-state index in [1.807, 2.05) is 48.5 Å². The molecule has 0 radical (unpaired) electrons. The second-order valence-corrected chi connectivity index (χ2v) is 4.30. The Bertz CT molecular complexity index is 622. The van der Waals surface area contributed by atoms with E-state index in [4.69, 9.17) is 4.74 Å². The van der Waals surface area contributed by atoms with Gasteiger partial charge in [-0.25, -0.2) is 0 Å². The monoisotopic (exact) mass is 254 g/mol. The van der Waals surface area contributed by atoms with E-state index in [0.29, 0.717) is 6.54 Å². The van der Waals surface area contributed by atoms with Crippen molar-refractivity contribution >= 4 is 11.5 Å². The molecule has 0 spiro atoms. The lowest BCUT2D eigenvalue weighted by molar-refractivity contribution is -0.363. The van der Waals surface area contributed by atoms with Crippen LogP contribution in [0.3, 0.4) is 0 Å². The number of quaternary nitrogens is 1. The molecule has 2 aromatic carbocycles. The quantitative estimate of drug-likeness (QED) is 0.859. The first-order valence-electron chi connectivity index (χ1n) is 6.35. The molecule has 0 amide bonds. The molecule has 0 bridgehead atoms. The molecule has 0 aliphatic carbocycles. The average Bonchev–Trinajstić information content (AvgIpc) is 2.61. The summed E-state index contributed by atoms with van der Waals surface area (Å²) in [5.41, 5.74) is 5.74. The Kier molecular flexibility index (Phi) is 3.16. The minimum atomic E-state index is 0.693.